The van der Waals surface area contributed by atoms with Crippen molar-refractivity contribution >= 4 is 17.8 Å². The van der Waals surface area contributed by atoms with Crippen LogP contribution in [0.5, 0.6) is 0 Å². The van der Waals surface area contributed by atoms with E-state index in [4.69, 9.17) is 9.47 Å². The molecule has 2 aromatic rings. The van der Waals surface area contributed by atoms with Crippen molar-refractivity contribution in [1.29, 1.82) is 0 Å². The Labute approximate surface area is 200 Å². The molecule has 0 aromatic heterocycles. The van der Waals surface area contributed by atoms with E-state index in [2.05, 4.69) is 16.4 Å². The minimum atomic E-state index is -0.939. The summed E-state index contributed by atoms with van der Waals surface area (Å²) in [5, 5.41) is 5.58. The Kier molecular flexibility index (Phi) is 12.8. The Morgan fingerprint density at radius 3 is 2.12 bits per heavy atom. The maximum absolute atomic E-state index is 13.1. The highest BCUT2D eigenvalue weighted by atomic mass is 35.5. The zero-order valence-corrected chi connectivity index (χ0v) is 19.7. The number of methoxy groups -OCH3 is 1. The van der Waals surface area contributed by atoms with Crippen LogP contribution in [0.3, 0.4) is 0 Å². The molecule has 2 rings (SSSR count). The summed E-state index contributed by atoms with van der Waals surface area (Å²) in [5.41, 5.74) is 5.52. The van der Waals surface area contributed by atoms with Crippen LogP contribution < -0.4 is 28.8 Å². The molecule has 0 heterocycles. The molecule has 0 fully saturated rings. The molecule has 2 amide bonds. The molecule has 0 aliphatic carbocycles. The number of benzene rings is 2. The van der Waals surface area contributed by atoms with E-state index in [0.29, 0.717) is 13.0 Å². The second-order valence-electron chi connectivity index (χ2n) is 7.42. The quantitative estimate of drug-likeness (QED) is 0.309. The van der Waals surface area contributed by atoms with Crippen LogP contribution in [0, 0.1) is 0 Å². The van der Waals surface area contributed by atoms with Crippen molar-refractivity contribution in [1.82, 2.24) is 10.6 Å². The molecule has 0 saturated carbocycles. The van der Waals surface area contributed by atoms with Crippen molar-refractivity contribution in [3.63, 3.8) is 0 Å². The summed E-state index contributed by atoms with van der Waals surface area (Å²) < 4.78 is 10.5. The van der Waals surface area contributed by atoms with Gasteiger partial charge in [0.2, 0.25) is 5.91 Å². The Morgan fingerprint density at radius 2 is 1.55 bits per heavy atom. The molecule has 9 heteroatoms. The zero-order valence-electron chi connectivity index (χ0n) is 19.0. The standard InChI is InChI=1S/C24H31N3O5.ClH/c1-3-19(25)23(29)27-21(16-32-15-17-10-6-4-7-11-17)24(30)26-20(14-22(28)31-2)18-12-8-5-9-13-18;/h4-13,19-21H,3,14-16,25H2,1-2H3,(H,26,30)(H,27,29);1H/t19-,20+,21-;/m0./s1. The highest BCUT2D eigenvalue weighted by Crippen LogP contribution is 2.17. The number of ether oxygens (including phenoxy) is 2. The van der Waals surface area contributed by atoms with E-state index >= 15 is 0 Å². The summed E-state index contributed by atoms with van der Waals surface area (Å²) >= 11 is 0. The average molecular weight is 478 g/mol. The summed E-state index contributed by atoms with van der Waals surface area (Å²) in [6, 6.07) is 16.6. The van der Waals surface area contributed by atoms with Gasteiger partial charge in [-0.1, -0.05) is 67.6 Å². The number of amides is 2. The molecule has 5 N–H and O–H groups in total. The Morgan fingerprint density at radius 1 is 0.939 bits per heavy atom. The molecule has 0 saturated heterocycles. The van der Waals surface area contributed by atoms with Gasteiger partial charge < -0.3 is 38.2 Å². The fourth-order valence-electron chi connectivity index (χ4n) is 2.99. The predicted octanol–water partition coefficient (Wildman–Crippen LogP) is -1.87. The topological polar surface area (TPSA) is 121 Å². The molecule has 0 aliphatic rings. The third-order valence-corrected chi connectivity index (χ3v) is 5.01. The molecule has 0 spiro atoms. The minimum absolute atomic E-state index is 0. The number of quaternary nitrogens is 1. The van der Waals surface area contributed by atoms with Gasteiger partial charge in [-0.3, -0.25) is 14.4 Å². The van der Waals surface area contributed by atoms with E-state index < -0.39 is 30.0 Å². The molecule has 180 valence electrons. The Bertz CT molecular complexity index is 867. The van der Waals surface area contributed by atoms with Crippen molar-refractivity contribution in [2.24, 2.45) is 0 Å². The lowest BCUT2D eigenvalue weighted by molar-refractivity contribution is -0.404. The number of rotatable bonds is 12. The average Bonchev–Trinajstić information content (AvgIpc) is 2.83. The third kappa shape index (κ3) is 9.61. The SMILES string of the molecule is CC[C@H]([NH3+])C(=O)N[C@@H](COCc1ccccc1)C(=O)N[C@H](CC(=O)OC)c1ccccc1.[Cl-]. The lowest BCUT2D eigenvalue weighted by atomic mass is 10.0. The predicted molar refractivity (Wildman–Crippen MR) is 119 cm³/mol. The number of carbonyl (C=O) groups is 3. The van der Waals surface area contributed by atoms with Gasteiger partial charge in [-0.2, -0.15) is 0 Å². The Balaban J connectivity index is 0.00000544. The summed E-state index contributed by atoms with van der Waals surface area (Å²) in [6.07, 6.45) is 0.505. The molecular weight excluding hydrogens is 446 g/mol. The molecule has 2 aromatic carbocycles. The zero-order chi connectivity index (χ0) is 23.3. The summed E-state index contributed by atoms with van der Waals surface area (Å²) in [5.74, 6) is -1.24. The van der Waals surface area contributed by atoms with Gasteiger partial charge in [0.15, 0.2) is 6.04 Å². The van der Waals surface area contributed by atoms with Crippen LogP contribution in [0.4, 0.5) is 0 Å². The molecule has 33 heavy (non-hydrogen) atoms. The van der Waals surface area contributed by atoms with Crippen LogP contribution in [0.1, 0.15) is 36.9 Å². The molecule has 0 unspecified atom stereocenters. The van der Waals surface area contributed by atoms with E-state index in [1.807, 2.05) is 67.6 Å². The molecule has 0 bridgehead atoms. The fraction of sp³-hybridized carbons (Fsp3) is 0.375. The smallest absolute Gasteiger partial charge is 0.307 e. The third-order valence-electron chi connectivity index (χ3n) is 5.01. The highest BCUT2D eigenvalue weighted by Gasteiger charge is 2.28. The maximum Gasteiger partial charge on any atom is 0.307 e. The first-order valence-electron chi connectivity index (χ1n) is 10.6. The van der Waals surface area contributed by atoms with Crippen LogP contribution in [0.25, 0.3) is 0 Å². The number of esters is 1. The van der Waals surface area contributed by atoms with Crippen LogP contribution in [0.15, 0.2) is 60.7 Å². The second-order valence-corrected chi connectivity index (χ2v) is 7.42. The van der Waals surface area contributed by atoms with Gasteiger partial charge in [-0.15, -0.1) is 0 Å². The van der Waals surface area contributed by atoms with Crippen molar-refractivity contribution < 1.29 is 42.0 Å². The first-order chi connectivity index (χ1) is 15.4. The van der Waals surface area contributed by atoms with Crippen LogP contribution in [-0.4, -0.2) is 43.6 Å². The minimum Gasteiger partial charge on any atom is -1.00 e. The largest absolute Gasteiger partial charge is 1.00 e. The molecule has 3 atom stereocenters. The van der Waals surface area contributed by atoms with Gasteiger partial charge in [-0.25, -0.2) is 0 Å². The van der Waals surface area contributed by atoms with Crippen molar-refractivity contribution in [3.8, 4) is 0 Å². The van der Waals surface area contributed by atoms with Crippen molar-refractivity contribution in [3.05, 3.63) is 71.8 Å². The van der Waals surface area contributed by atoms with Crippen molar-refractivity contribution in [2.75, 3.05) is 13.7 Å². The molecular formula is C24H32ClN3O5. The van der Waals surface area contributed by atoms with Crippen LogP contribution in [-0.2, 0) is 30.5 Å². The summed E-state index contributed by atoms with van der Waals surface area (Å²) in [7, 11) is 1.30. The first kappa shape index (κ1) is 28.1. The van der Waals surface area contributed by atoms with Crippen molar-refractivity contribution in [2.45, 2.75) is 44.5 Å². The van der Waals surface area contributed by atoms with Crippen LogP contribution >= 0.6 is 0 Å². The van der Waals surface area contributed by atoms with Gasteiger partial charge in [-0.05, 0) is 11.1 Å². The van der Waals surface area contributed by atoms with Gasteiger partial charge in [0.25, 0.3) is 5.91 Å². The summed E-state index contributed by atoms with van der Waals surface area (Å²) in [6.45, 7) is 2.12. The van der Waals surface area contributed by atoms with E-state index in [0.717, 1.165) is 11.1 Å². The van der Waals surface area contributed by atoms with Gasteiger partial charge in [0, 0.05) is 6.42 Å². The van der Waals surface area contributed by atoms with E-state index in [-0.39, 0.29) is 31.3 Å². The van der Waals surface area contributed by atoms with Gasteiger partial charge >= 0.3 is 5.97 Å². The summed E-state index contributed by atoms with van der Waals surface area (Å²) in [4.78, 5) is 37.4. The van der Waals surface area contributed by atoms with Crippen LogP contribution in [0.2, 0.25) is 0 Å². The first-order valence-corrected chi connectivity index (χ1v) is 10.6. The molecule has 8 nitrogen and oxygen atoms in total. The fourth-order valence-corrected chi connectivity index (χ4v) is 2.99. The van der Waals surface area contributed by atoms with Gasteiger partial charge in [0.1, 0.15) is 6.04 Å². The number of hydrogen-bond donors (Lipinski definition) is 3. The molecule has 0 radical (unpaired) electrons. The lowest BCUT2D eigenvalue weighted by Gasteiger charge is -2.24. The number of carbonyl (C=O) groups excluding carboxylic acids is 3. The lowest BCUT2D eigenvalue weighted by Crippen LogP contribution is -3.00. The highest BCUT2D eigenvalue weighted by molar-refractivity contribution is 5.89. The second kappa shape index (κ2) is 15.0. The van der Waals surface area contributed by atoms with E-state index in [9.17, 15) is 14.4 Å². The normalized spacial score (nSPS) is 13.1. The maximum atomic E-state index is 13.1. The van der Waals surface area contributed by atoms with E-state index in [1.165, 1.54) is 7.11 Å². The van der Waals surface area contributed by atoms with E-state index in [1.54, 1.807) is 0 Å². The van der Waals surface area contributed by atoms with Gasteiger partial charge in [0.05, 0.1) is 32.8 Å². The number of nitrogens with one attached hydrogen (secondary N) is 2. The number of halogens is 1. The Hall–Kier alpha value is -2.94. The number of hydrogen-bond acceptors (Lipinski definition) is 5. The monoisotopic (exact) mass is 477 g/mol. The molecule has 0 aliphatic heterocycles.